The molecule has 0 unspecified atom stereocenters. The number of halogens is 1. The number of carbonyl (C=O) groups is 1. The van der Waals surface area contributed by atoms with Crippen LogP contribution in [0.5, 0.6) is 0 Å². The molecule has 0 N–H and O–H groups in total. The molecule has 20 heavy (non-hydrogen) atoms. The highest BCUT2D eigenvalue weighted by Gasteiger charge is 2.35. The normalized spacial score (nSPS) is 18.1. The van der Waals surface area contributed by atoms with E-state index in [-0.39, 0.29) is 5.78 Å². The van der Waals surface area contributed by atoms with Gasteiger partial charge in [0.1, 0.15) is 0 Å². The summed E-state index contributed by atoms with van der Waals surface area (Å²) in [5.74, 6) is 0.771. The zero-order valence-corrected chi connectivity index (χ0v) is 11.9. The van der Waals surface area contributed by atoms with E-state index < -0.39 is 0 Å². The van der Waals surface area contributed by atoms with Crippen molar-refractivity contribution in [3.8, 4) is 5.69 Å². The number of rotatable bonds is 2. The maximum absolute atomic E-state index is 12.3. The Labute approximate surface area is 122 Å². The van der Waals surface area contributed by atoms with Gasteiger partial charge in [0.05, 0.1) is 22.6 Å². The van der Waals surface area contributed by atoms with Crippen molar-refractivity contribution in [3.05, 3.63) is 46.2 Å². The molecule has 4 rings (SSSR count). The highest BCUT2D eigenvalue weighted by molar-refractivity contribution is 6.30. The van der Waals surface area contributed by atoms with Gasteiger partial charge in [0, 0.05) is 17.4 Å². The van der Waals surface area contributed by atoms with Gasteiger partial charge in [0.2, 0.25) is 0 Å². The lowest BCUT2D eigenvalue weighted by atomic mass is 9.93. The van der Waals surface area contributed by atoms with Crippen LogP contribution in [0.1, 0.15) is 53.3 Å². The monoisotopic (exact) mass is 286 g/mol. The summed E-state index contributed by atoms with van der Waals surface area (Å²) < 4.78 is 1.95. The van der Waals surface area contributed by atoms with Crippen molar-refractivity contribution in [2.24, 2.45) is 0 Å². The van der Waals surface area contributed by atoms with Crippen LogP contribution in [0.2, 0.25) is 5.02 Å². The van der Waals surface area contributed by atoms with E-state index >= 15 is 0 Å². The Hall–Kier alpha value is -1.61. The summed E-state index contributed by atoms with van der Waals surface area (Å²) in [6.45, 7) is 0. The summed E-state index contributed by atoms with van der Waals surface area (Å²) in [6, 6.07) is 7.66. The summed E-state index contributed by atoms with van der Waals surface area (Å²) in [5, 5.41) is 5.47. The first-order valence-corrected chi connectivity index (χ1v) is 7.53. The molecule has 0 bridgehead atoms. The van der Waals surface area contributed by atoms with Gasteiger partial charge in [-0.15, -0.1) is 0 Å². The molecule has 0 amide bonds. The molecule has 102 valence electrons. The number of nitrogens with zero attached hydrogens (tertiary/aromatic N) is 2. The number of fused-ring (bicyclic) bond motifs is 1. The maximum atomic E-state index is 12.3. The van der Waals surface area contributed by atoms with E-state index in [1.54, 1.807) is 0 Å². The standard InChI is InChI=1S/C16H15ClN2O/c17-11-6-8-12(9-7-11)19-13-2-1-3-14(20)15(13)16(18-19)10-4-5-10/h6-10H,1-5H2. The molecular weight excluding hydrogens is 272 g/mol. The number of hydrogen-bond donors (Lipinski definition) is 0. The van der Waals surface area contributed by atoms with E-state index in [0.717, 1.165) is 48.3 Å². The second-order valence-corrected chi connectivity index (χ2v) is 6.08. The number of carbonyl (C=O) groups excluding carboxylic acids is 1. The number of Topliss-reactive ketones (excluding diaryl/α,β-unsaturated/α-hetero) is 1. The van der Waals surface area contributed by atoms with Gasteiger partial charge in [-0.25, -0.2) is 4.68 Å². The molecule has 0 aliphatic heterocycles. The van der Waals surface area contributed by atoms with Gasteiger partial charge in [0.25, 0.3) is 0 Å². The topological polar surface area (TPSA) is 34.9 Å². The number of ketones is 1. The fourth-order valence-electron chi connectivity index (χ4n) is 2.99. The summed E-state index contributed by atoms with van der Waals surface area (Å²) in [6.07, 6.45) is 4.85. The molecular formula is C16H15ClN2O. The molecule has 1 aromatic carbocycles. The van der Waals surface area contributed by atoms with Crippen LogP contribution in [0.15, 0.2) is 24.3 Å². The van der Waals surface area contributed by atoms with Gasteiger partial charge in [-0.05, 0) is 49.9 Å². The van der Waals surface area contributed by atoms with Crippen molar-refractivity contribution in [1.82, 2.24) is 9.78 Å². The van der Waals surface area contributed by atoms with Crippen LogP contribution in [-0.2, 0) is 6.42 Å². The molecule has 0 spiro atoms. The average molecular weight is 287 g/mol. The lowest BCUT2D eigenvalue weighted by Gasteiger charge is -2.13. The van der Waals surface area contributed by atoms with Gasteiger partial charge < -0.3 is 0 Å². The average Bonchev–Trinajstić information content (AvgIpc) is 3.22. The minimum absolute atomic E-state index is 0.272. The Morgan fingerprint density at radius 2 is 1.90 bits per heavy atom. The molecule has 1 saturated carbocycles. The summed E-state index contributed by atoms with van der Waals surface area (Å²) >= 11 is 5.95. The predicted molar refractivity (Wildman–Crippen MR) is 77.8 cm³/mol. The van der Waals surface area contributed by atoms with Gasteiger partial charge in [0.15, 0.2) is 5.78 Å². The lowest BCUT2D eigenvalue weighted by molar-refractivity contribution is 0.0971. The molecule has 1 fully saturated rings. The van der Waals surface area contributed by atoms with E-state index in [1.807, 2.05) is 28.9 Å². The summed E-state index contributed by atoms with van der Waals surface area (Å²) in [4.78, 5) is 12.3. The molecule has 1 heterocycles. The first kappa shape index (κ1) is 12.2. The molecule has 3 nitrogen and oxygen atoms in total. The molecule has 2 aromatic rings. The van der Waals surface area contributed by atoms with Crippen molar-refractivity contribution in [2.75, 3.05) is 0 Å². The van der Waals surface area contributed by atoms with Crippen LogP contribution in [-0.4, -0.2) is 15.6 Å². The quantitative estimate of drug-likeness (QED) is 0.838. The maximum Gasteiger partial charge on any atom is 0.166 e. The van der Waals surface area contributed by atoms with E-state index in [1.165, 1.54) is 0 Å². The third kappa shape index (κ3) is 1.88. The van der Waals surface area contributed by atoms with E-state index in [0.29, 0.717) is 17.4 Å². The first-order valence-electron chi connectivity index (χ1n) is 7.15. The fraction of sp³-hybridized carbons (Fsp3) is 0.375. The van der Waals surface area contributed by atoms with Crippen LogP contribution in [0, 0.1) is 0 Å². The van der Waals surface area contributed by atoms with Crippen molar-refractivity contribution in [1.29, 1.82) is 0 Å². The van der Waals surface area contributed by atoms with Crippen molar-refractivity contribution < 1.29 is 4.79 Å². The zero-order valence-electron chi connectivity index (χ0n) is 11.1. The Morgan fingerprint density at radius 3 is 2.60 bits per heavy atom. The van der Waals surface area contributed by atoms with Gasteiger partial charge in [-0.3, -0.25) is 4.79 Å². The summed E-state index contributed by atoms with van der Waals surface area (Å²) in [7, 11) is 0. The number of benzene rings is 1. The minimum Gasteiger partial charge on any atom is -0.294 e. The van der Waals surface area contributed by atoms with Crippen molar-refractivity contribution in [2.45, 2.75) is 38.0 Å². The first-order chi connectivity index (χ1) is 9.74. The van der Waals surface area contributed by atoms with Gasteiger partial charge in [-0.1, -0.05) is 11.6 Å². The highest BCUT2D eigenvalue weighted by Crippen LogP contribution is 2.43. The van der Waals surface area contributed by atoms with Gasteiger partial charge in [-0.2, -0.15) is 5.10 Å². The molecule has 0 atom stereocenters. The third-order valence-corrected chi connectivity index (χ3v) is 4.39. The molecule has 2 aliphatic carbocycles. The third-order valence-electron chi connectivity index (χ3n) is 4.14. The SMILES string of the molecule is O=C1CCCc2c1c(C1CC1)nn2-c1ccc(Cl)cc1. The highest BCUT2D eigenvalue weighted by atomic mass is 35.5. The fourth-order valence-corrected chi connectivity index (χ4v) is 3.11. The van der Waals surface area contributed by atoms with Crippen LogP contribution >= 0.6 is 11.6 Å². The van der Waals surface area contributed by atoms with E-state index in [9.17, 15) is 4.79 Å². The molecule has 4 heteroatoms. The van der Waals surface area contributed by atoms with Crippen LogP contribution in [0.3, 0.4) is 0 Å². The van der Waals surface area contributed by atoms with Crippen molar-refractivity contribution >= 4 is 17.4 Å². The molecule has 2 aliphatic rings. The second kappa shape index (κ2) is 4.45. The minimum atomic E-state index is 0.272. The Morgan fingerprint density at radius 1 is 1.15 bits per heavy atom. The molecule has 1 aromatic heterocycles. The number of aromatic nitrogens is 2. The second-order valence-electron chi connectivity index (χ2n) is 5.65. The lowest BCUT2D eigenvalue weighted by Crippen LogP contribution is -2.13. The largest absolute Gasteiger partial charge is 0.294 e. The van der Waals surface area contributed by atoms with Crippen LogP contribution in [0.4, 0.5) is 0 Å². The Kier molecular flexibility index (Phi) is 2.71. The van der Waals surface area contributed by atoms with Crippen molar-refractivity contribution in [3.63, 3.8) is 0 Å². The van der Waals surface area contributed by atoms with Crippen LogP contribution in [0.25, 0.3) is 5.69 Å². The molecule has 0 saturated heterocycles. The Bertz CT molecular complexity index is 683. The smallest absolute Gasteiger partial charge is 0.166 e. The van der Waals surface area contributed by atoms with Gasteiger partial charge >= 0.3 is 0 Å². The van der Waals surface area contributed by atoms with E-state index in [2.05, 4.69) is 0 Å². The van der Waals surface area contributed by atoms with Crippen LogP contribution < -0.4 is 0 Å². The predicted octanol–water partition coefficient (Wildman–Crippen LogP) is 3.92. The zero-order chi connectivity index (χ0) is 13.7. The number of hydrogen-bond acceptors (Lipinski definition) is 2. The summed E-state index contributed by atoms with van der Waals surface area (Å²) in [5.41, 5.74) is 4.02. The molecule has 0 radical (unpaired) electrons. The Balaban J connectivity index is 1.89. The van der Waals surface area contributed by atoms with E-state index in [4.69, 9.17) is 16.7 Å².